The number of hydrogen-bond donors (Lipinski definition) is 2. The van der Waals surface area contributed by atoms with E-state index < -0.39 is 23.5 Å². The number of hydrogen-bond acceptors (Lipinski definition) is 6. The second-order valence-electron chi connectivity index (χ2n) is 2.14. The Morgan fingerprint density at radius 2 is 1.21 bits per heavy atom. The lowest BCUT2D eigenvalue weighted by Gasteiger charge is -2.03. The molecule has 0 heterocycles. The van der Waals surface area contributed by atoms with Crippen molar-refractivity contribution in [1.82, 2.24) is 0 Å². The summed E-state index contributed by atoms with van der Waals surface area (Å²) in [7, 11) is 0. The second kappa shape index (κ2) is 5.85. The molecule has 6 nitrogen and oxygen atoms in total. The van der Waals surface area contributed by atoms with Gasteiger partial charge >= 0.3 is 11.9 Å². The summed E-state index contributed by atoms with van der Waals surface area (Å²) in [4.78, 5) is 21.6. The zero-order valence-electron chi connectivity index (χ0n) is 7.94. The molecule has 0 atom stereocenters. The first-order valence-corrected chi connectivity index (χ1v) is 4.01. The van der Waals surface area contributed by atoms with Crippen LogP contribution in [-0.2, 0) is 19.1 Å². The number of aliphatic hydroxyl groups excluding tert-OH is 2. The Morgan fingerprint density at radius 3 is 1.43 bits per heavy atom. The molecular formula is C8H12O6. The minimum atomic E-state index is -1.17. The molecule has 0 aliphatic rings. The molecule has 0 amide bonds. The van der Waals surface area contributed by atoms with E-state index in [1.807, 2.05) is 0 Å². The number of aliphatic hydroxyl groups is 2. The molecule has 0 aromatic rings. The van der Waals surface area contributed by atoms with Crippen LogP contribution in [0.3, 0.4) is 0 Å². The van der Waals surface area contributed by atoms with Crippen LogP contribution in [0, 0.1) is 0 Å². The van der Waals surface area contributed by atoms with Crippen molar-refractivity contribution in [2.24, 2.45) is 0 Å². The summed E-state index contributed by atoms with van der Waals surface area (Å²) in [5, 5.41) is 17.9. The number of carbonyl (C=O) groups is 2. The number of esters is 2. The van der Waals surface area contributed by atoms with Crippen molar-refractivity contribution in [2.75, 3.05) is 13.2 Å². The lowest BCUT2D eigenvalue weighted by atomic mass is 10.4. The van der Waals surface area contributed by atoms with Crippen molar-refractivity contribution in [2.45, 2.75) is 13.8 Å². The van der Waals surface area contributed by atoms with Gasteiger partial charge in [0.05, 0.1) is 13.2 Å². The highest BCUT2D eigenvalue weighted by Gasteiger charge is 2.21. The lowest BCUT2D eigenvalue weighted by Crippen LogP contribution is -2.16. The largest absolute Gasteiger partial charge is 0.499 e. The summed E-state index contributed by atoms with van der Waals surface area (Å²) < 4.78 is 8.68. The molecular weight excluding hydrogens is 192 g/mol. The van der Waals surface area contributed by atoms with Gasteiger partial charge in [0.2, 0.25) is 0 Å². The zero-order valence-corrected chi connectivity index (χ0v) is 7.94. The molecule has 2 N–H and O–H groups in total. The molecule has 0 aliphatic heterocycles. The van der Waals surface area contributed by atoms with Gasteiger partial charge in [0.1, 0.15) is 0 Å². The lowest BCUT2D eigenvalue weighted by molar-refractivity contribution is -0.146. The second-order valence-corrected chi connectivity index (χ2v) is 2.14. The van der Waals surface area contributed by atoms with Gasteiger partial charge in [-0.25, -0.2) is 9.59 Å². The van der Waals surface area contributed by atoms with Crippen molar-refractivity contribution in [3.05, 3.63) is 11.5 Å². The monoisotopic (exact) mass is 204 g/mol. The molecule has 0 radical (unpaired) electrons. The van der Waals surface area contributed by atoms with Gasteiger partial charge in [0, 0.05) is 0 Å². The van der Waals surface area contributed by atoms with Gasteiger partial charge in [-0.1, -0.05) is 0 Å². The van der Waals surface area contributed by atoms with Crippen LogP contribution in [-0.4, -0.2) is 35.4 Å². The van der Waals surface area contributed by atoms with E-state index in [-0.39, 0.29) is 13.2 Å². The molecule has 0 rings (SSSR count). The van der Waals surface area contributed by atoms with E-state index in [9.17, 15) is 9.59 Å². The standard InChI is InChI=1S/C8H12O6/c1-3-13-7(11)5(9)6(10)8(12)14-4-2/h9-10H,3-4H2,1-2H3. The first-order valence-electron chi connectivity index (χ1n) is 4.01. The Balaban J connectivity index is 4.57. The van der Waals surface area contributed by atoms with Crippen LogP contribution in [0.5, 0.6) is 0 Å². The van der Waals surface area contributed by atoms with Crippen LogP contribution in [0.15, 0.2) is 11.5 Å². The van der Waals surface area contributed by atoms with Crippen LogP contribution >= 0.6 is 0 Å². The first kappa shape index (κ1) is 12.3. The van der Waals surface area contributed by atoms with Crippen LogP contribution < -0.4 is 0 Å². The van der Waals surface area contributed by atoms with Crippen molar-refractivity contribution < 1.29 is 29.3 Å². The number of rotatable bonds is 4. The van der Waals surface area contributed by atoms with Crippen LogP contribution in [0.4, 0.5) is 0 Å². The Kier molecular flexibility index (Phi) is 5.13. The predicted octanol–water partition coefficient (Wildman–Crippen LogP) is 0.440. The average molecular weight is 204 g/mol. The highest BCUT2D eigenvalue weighted by Crippen LogP contribution is 2.02. The van der Waals surface area contributed by atoms with Crippen LogP contribution in [0.2, 0.25) is 0 Å². The van der Waals surface area contributed by atoms with Gasteiger partial charge in [0.25, 0.3) is 11.5 Å². The molecule has 0 saturated heterocycles. The third kappa shape index (κ3) is 3.34. The Labute approximate surface area is 80.7 Å². The fourth-order valence-corrected chi connectivity index (χ4v) is 0.592. The minimum absolute atomic E-state index is 0.0268. The molecule has 0 aromatic heterocycles. The van der Waals surface area contributed by atoms with Gasteiger partial charge < -0.3 is 19.7 Å². The van der Waals surface area contributed by atoms with Gasteiger partial charge in [-0.2, -0.15) is 0 Å². The quantitative estimate of drug-likeness (QED) is 0.392. The smallest absolute Gasteiger partial charge is 0.377 e. The molecule has 80 valence electrons. The van der Waals surface area contributed by atoms with E-state index in [0.717, 1.165) is 0 Å². The molecule has 0 spiro atoms. The van der Waals surface area contributed by atoms with Crippen molar-refractivity contribution >= 4 is 11.9 Å². The number of carbonyl (C=O) groups excluding carboxylic acids is 2. The van der Waals surface area contributed by atoms with Gasteiger partial charge in [0.15, 0.2) is 0 Å². The molecule has 14 heavy (non-hydrogen) atoms. The SMILES string of the molecule is CCOC(=O)C(O)=C(O)C(=O)OCC. The Morgan fingerprint density at radius 1 is 0.929 bits per heavy atom. The summed E-state index contributed by atoms with van der Waals surface area (Å²) >= 11 is 0. The molecule has 0 unspecified atom stereocenters. The predicted molar refractivity (Wildman–Crippen MR) is 45.5 cm³/mol. The maximum Gasteiger partial charge on any atom is 0.377 e. The summed E-state index contributed by atoms with van der Waals surface area (Å²) in [5.41, 5.74) is 0. The van der Waals surface area contributed by atoms with E-state index in [2.05, 4.69) is 9.47 Å². The van der Waals surface area contributed by atoms with E-state index >= 15 is 0 Å². The highest BCUT2D eigenvalue weighted by molar-refractivity contribution is 5.96. The van der Waals surface area contributed by atoms with E-state index in [4.69, 9.17) is 10.2 Å². The zero-order chi connectivity index (χ0) is 11.1. The number of ether oxygens (including phenoxy) is 2. The summed E-state index contributed by atoms with van der Waals surface area (Å²) in [6.07, 6.45) is 0. The third-order valence-electron chi connectivity index (χ3n) is 1.16. The maximum absolute atomic E-state index is 10.8. The Bertz CT molecular complexity index is 229. The van der Waals surface area contributed by atoms with Crippen molar-refractivity contribution in [3.63, 3.8) is 0 Å². The molecule has 0 aliphatic carbocycles. The fourth-order valence-electron chi connectivity index (χ4n) is 0.592. The van der Waals surface area contributed by atoms with E-state index in [0.29, 0.717) is 0 Å². The highest BCUT2D eigenvalue weighted by atomic mass is 16.6. The van der Waals surface area contributed by atoms with Gasteiger partial charge in [-0.3, -0.25) is 0 Å². The van der Waals surface area contributed by atoms with Crippen LogP contribution in [0.1, 0.15) is 13.8 Å². The molecule has 0 saturated carbocycles. The first-order chi connectivity index (χ1) is 6.54. The summed E-state index contributed by atoms with van der Waals surface area (Å²) in [6.45, 7) is 3.09. The molecule has 0 fully saturated rings. The maximum atomic E-state index is 10.8. The fraction of sp³-hybridized carbons (Fsp3) is 0.500. The summed E-state index contributed by atoms with van der Waals surface area (Å²) in [5.74, 6) is -4.63. The van der Waals surface area contributed by atoms with Crippen molar-refractivity contribution in [3.8, 4) is 0 Å². The normalized spacial score (nSPS) is 11.6. The topological polar surface area (TPSA) is 93.1 Å². The van der Waals surface area contributed by atoms with Gasteiger partial charge in [-0.05, 0) is 13.8 Å². The van der Waals surface area contributed by atoms with E-state index in [1.165, 1.54) is 13.8 Å². The molecule has 6 heteroatoms. The van der Waals surface area contributed by atoms with Crippen LogP contribution in [0.25, 0.3) is 0 Å². The molecule has 0 aromatic carbocycles. The average Bonchev–Trinajstić information content (AvgIpc) is 2.16. The summed E-state index contributed by atoms with van der Waals surface area (Å²) in [6, 6.07) is 0. The Hall–Kier alpha value is -1.72. The minimum Gasteiger partial charge on any atom is -0.499 e. The van der Waals surface area contributed by atoms with Gasteiger partial charge in [-0.15, -0.1) is 0 Å². The van der Waals surface area contributed by atoms with Crippen molar-refractivity contribution in [1.29, 1.82) is 0 Å². The molecule has 0 bridgehead atoms. The van der Waals surface area contributed by atoms with E-state index in [1.54, 1.807) is 0 Å². The third-order valence-corrected chi connectivity index (χ3v) is 1.16.